The van der Waals surface area contributed by atoms with Crippen LogP contribution in [0.3, 0.4) is 0 Å². The number of nitrogens with zero attached hydrogens (tertiary/aromatic N) is 4. The molecule has 2 aromatic rings. The van der Waals surface area contributed by atoms with E-state index in [0.29, 0.717) is 0 Å². The van der Waals surface area contributed by atoms with E-state index in [4.69, 9.17) is 0 Å². The molecule has 2 fully saturated rings. The second kappa shape index (κ2) is 5.19. The van der Waals surface area contributed by atoms with Gasteiger partial charge in [0.1, 0.15) is 0 Å². The van der Waals surface area contributed by atoms with Crippen molar-refractivity contribution in [2.45, 2.75) is 18.9 Å². The van der Waals surface area contributed by atoms with Crippen molar-refractivity contribution in [1.82, 2.24) is 14.7 Å². The Morgan fingerprint density at radius 1 is 1.05 bits per heavy atom. The summed E-state index contributed by atoms with van der Waals surface area (Å²) in [5.41, 5.74) is 2.38. The van der Waals surface area contributed by atoms with Crippen LogP contribution in [0.5, 0.6) is 0 Å². The minimum atomic E-state index is 0.797. The fourth-order valence-corrected chi connectivity index (χ4v) is 3.85. The summed E-state index contributed by atoms with van der Waals surface area (Å²) >= 11 is 0. The molecule has 2 aliphatic rings. The summed E-state index contributed by atoms with van der Waals surface area (Å²) in [6, 6.07) is 11.1. The van der Waals surface area contributed by atoms with Gasteiger partial charge in [0.2, 0.25) is 0 Å². The molecule has 1 aromatic heterocycles. The fourth-order valence-electron chi connectivity index (χ4n) is 3.85. The molecule has 0 saturated carbocycles. The topological polar surface area (TPSA) is 24.3 Å². The summed E-state index contributed by atoms with van der Waals surface area (Å²) in [7, 11) is 2.27. The van der Waals surface area contributed by atoms with Crippen molar-refractivity contribution in [3.8, 4) is 5.69 Å². The van der Waals surface area contributed by atoms with Gasteiger partial charge in [0, 0.05) is 19.1 Å². The second-order valence-electron chi connectivity index (χ2n) is 6.31. The number of likely N-dealkylation sites (tertiary alicyclic amines) is 1. The zero-order valence-electron chi connectivity index (χ0n) is 12.5. The molecule has 2 saturated heterocycles. The van der Waals surface area contributed by atoms with Crippen LogP contribution < -0.4 is 4.90 Å². The molecular formula is C17H22N4. The van der Waals surface area contributed by atoms with E-state index in [1.807, 2.05) is 16.9 Å². The van der Waals surface area contributed by atoms with Gasteiger partial charge in [0.05, 0.1) is 23.8 Å². The lowest BCUT2D eigenvalue weighted by Crippen LogP contribution is -2.44. The first-order valence-electron chi connectivity index (χ1n) is 7.86. The Balaban J connectivity index is 1.52. The highest BCUT2D eigenvalue weighted by Gasteiger charge is 2.36. The predicted octanol–water partition coefficient (Wildman–Crippen LogP) is 2.40. The number of aromatic nitrogens is 2. The van der Waals surface area contributed by atoms with Crippen molar-refractivity contribution in [3.63, 3.8) is 0 Å². The van der Waals surface area contributed by atoms with E-state index in [-0.39, 0.29) is 0 Å². The summed E-state index contributed by atoms with van der Waals surface area (Å²) in [5.74, 6) is 0.823. The maximum atomic E-state index is 4.53. The third kappa shape index (κ3) is 2.33. The minimum Gasteiger partial charge on any atom is -0.369 e. The van der Waals surface area contributed by atoms with Crippen LogP contribution in [-0.4, -0.2) is 47.4 Å². The van der Waals surface area contributed by atoms with Gasteiger partial charge in [-0.15, -0.1) is 0 Å². The van der Waals surface area contributed by atoms with Crippen molar-refractivity contribution in [2.75, 3.05) is 31.6 Å². The molecule has 0 amide bonds. The van der Waals surface area contributed by atoms with Crippen LogP contribution in [0.2, 0.25) is 0 Å². The van der Waals surface area contributed by atoms with Crippen molar-refractivity contribution < 1.29 is 0 Å². The van der Waals surface area contributed by atoms with E-state index in [2.05, 4.69) is 52.4 Å². The Morgan fingerprint density at radius 3 is 2.76 bits per heavy atom. The minimum absolute atomic E-state index is 0.797. The van der Waals surface area contributed by atoms with Crippen LogP contribution in [0, 0.1) is 5.92 Å². The standard InChI is InChI=1S/C17H22N4/c1-19-9-7-14-12-20(10-8-17(14)19)16-11-18-21(13-16)15-5-3-2-4-6-15/h2-6,11,13-14,17H,7-10,12H2,1H3/t14-,17+/m1/s1. The number of para-hydroxylation sites is 1. The molecule has 0 radical (unpaired) electrons. The number of benzene rings is 1. The van der Waals surface area contributed by atoms with Crippen LogP contribution in [0.4, 0.5) is 5.69 Å². The lowest BCUT2D eigenvalue weighted by Gasteiger charge is -2.37. The molecule has 4 rings (SSSR count). The quantitative estimate of drug-likeness (QED) is 0.845. The molecule has 0 unspecified atom stereocenters. The van der Waals surface area contributed by atoms with E-state index in [9.17, 15) is 0 Å². The van der Waals surface area contributed by atoms with Crippen LogP contribution in [0.25, 0.3) is 5.69 Å². The average molecular weight is 282 g/mol. The van der Waals surface area contributed by atoms with Crippen molar-refractivity contribution >= 4 is 5.69 Å². The number of anilines is 1. The maximum absolute atomic E-state index is 4.53. The smallest absolute Gasteiger partial charge is 0.0757 e. The lowest BCUT2D eigenvalue weighted by molar-refractivity contribution is 0.239. The molecule has 2 aliphatic heterocycles. The number of hydrogen-bond acceptors (Lipinski definition) is 3. The van der Waals surface area contributed by atoms with Gasteiger partial charge in [-0.25, -0.2) is 4.68 Å². The van der Waals surface area contributed by atoms with Crippen molar-refractivity contribution in [3.05, 3.63) is 42.7 Å². The zero-order chi connectivity index (χ0) is 14.2. The van der Waals surface area contributed by atoms with Crippen LogP contribution in [0.15, 0.2) is 42.7 Å². The largest absolute Gasteiger partial charge is 0.369 e. The molecule has 110 valence electrons. The molecule has 0 N–H and O–H groups in total. The molecule has 0 spiro atoms. The van der Waals surface area contributed by atoms with Crippen molar-refractivity contribution in [2.24, 2.45) is 5.92 Å². The van der Waals surface area contributed by atoms with Gasteiger partial charge < -0.3 is 9.80 Å². The molecule has 4 nitrogen and oxygen atoms in total. The van der Waals surface area contributed by atoms with Gasteiger partial charge in [0.15, 0.2) is 0 Å². The highest BCUT2D eigenvalue weighted by Crippen LogP contribution is 2.32. The van der Waals surface area contributed by atoms with Crippen molar-refractivity contribution in [1.29, 1.82) is 0 Å². The van der Waals surface area contributed by atoms with Gasteiger partial charge in [-0.05, 0) is 44.5 Å². The molecule has 3 heterocycles. The van der Waals surface area contributed by atoms with E-state index in [0.717, 1.165) is 24.2 Å². The zero-order valence-corrected chi connectivity index (χ0v) is 12.5. The first kappa shape index (κ1) is 12.9. The third-order valence-corrected chi connectivity index (χ3v) is 5.07. The van der Waals surface area contributed by atoms with E-state index in [1.54, 1.807) is 0 Å². The first-order chi connectivity index (χ1) is 10.3. The second-order valence-corrected chi connectivity index (χ2v) is 6.31. The summed E-state index contributed by atoms with van der Waals surface area (Å²) in [6.07, 6.45) is 6.78. The van der Waals surface area contributed by atoms with Crippen LogP contribution in [-0.2, 0) is 0 Å². The third-order valence-electron chi connectivity index (χ3n) is 5.07. The summed E-state index contributed by atoms with van der Waals surface area (Å²) in [6.45, 7) is 3.58. The monoisotopic (exact) mass is 282 g/mol. The number of piperidine rings is 1. The SMILES string of the molecule is CN1CC[C@@H]2CN(c3cnn(-c4ccccc4)c3)CC[C@@H]21. The summed E-state index contributed by atoms with van der Waals surface area (Å²) in [5, 5.41) is 4.53. The Morgan fingerprint density at radius 2 is 1.90 bits per heavy atom. The van der Waals surface area contributed by atoms with E-state index in [1.165, 1.54) is 31.6 Å². The summed E-state index contributed by atoms with van der Waals surface area (Å²) in [4.78, 5) is 5.04. The van der Waals surface area contributed by atoms with Gasteiger partial charge in [-0.3, -0.25) is 0 Å². The molecular weight excluding hydrogens is 260 g/mol. The highest BCUT2D eigenvalue weighted by molar-refractivity contribution is 5.46. The molecule has 1 aromatic carbocycles. The lowest BCUT2D eigenvalue weighted by atomic mass is 9.93. The maximum Gasteiger partial charge on any atom is 0.0757 e. The van der Waals surface area contributed by atoms with Gasteiger partial charge >= 0.3 is 0 Å². The van der Waals surface area contributed by atoms with Crippen LogP contribution >= 0.6 is 0 Å². The highest BCUT2D eigenvalue weighted by atomic mass is 15.3. The predicted molar refractivity (Wildman–Crippen MR) is 84.9 cm³/mol. The molecule has 0 bridgehead atoms. The number of hydrogen-bond donors (Lipinski definition) is 0. The summed E-state index contributed by atoms with van der Waals surface area (Å²) < 4.78 is 1.97. The number of rotatable bonds is 2. The van der Waals surface area contributed by atoms with Gasteiger partial charge in [-0.1, -0.05) is 18.2 Å². The fraction of sp³-hybridized carbons (Fsp3) is 0.471. The molecule has 2 atom stereocenters. The Kier molecular flexibility index (Phi) is 3.19. The van der Waals surface area contributed by atoms with E-state index < -0.39 is 0 Å². The van der Waals surface area contributed by atoms with Gasteiger partial charge in [0.25, 0.3) is 0 Å². The molecule has 0 aliphatic carbocycles. The number of fused-ring (bicyclic) bond motifs is 1. The first-order valence-corrected chi connectivity index (χ1v) is 7.86. The molecule has 21 heavy (non-hydrogen) atoms. The van der Waals surface area contributed by atoms with Gasteiger partial charge in [-0.2, -0.15) is 5.10 Å². The molecule has 4 heteroatoms. The Hall–Kier alpha value is -1.81. The normalized spacial score (nSPS) is 26.0. The average Bonchev–Trinajstić information content (AvgIpc) is 3.15. The Labute approximate surface area is 126 Å². The van der Waals surface area contributed by atoms with Crippen LogP contribution in [0.1, 0.15) is 12.8 Å². The van der Waals surface area contributed by atoms with E-state index >= 15 is 0 Å². The Bertz CT molecular complexity index is 606.